The molecule has 3 aromatic heterocycles. The van der Waals surface area contributed by atoms with Crippen LogP contribution in [0.2, 0.25) is 0 Å². The van der Waals surface area contributed by atoms with Crippen molar-refractivity contribution >= 4 is 86.6 Å². The number of carbonyl (C=O) groups excluding carboxylic acids is 6. The van der Waals surface area contributed by atoms with Crippen molar-refractivity contribution in [3.8, 4) is 16.2 Å². The molecule has 0 spiro atoms. The van der Waals surface area contributed by atoms with Crippen LogP contribution in [0.25, 0.3) is 21.5 Å². The van der Waals surface area contributed by atoms with Crippen molar-refractivity contribution in [2.75, 3.05) is 56.4 Å². The van der Waals surface area contributed by atoms with Crippen molar-refractivity contribution in [3.63, 3.8) is 0 Å². The number of hydrogen-bond acceptors (Lipinski definition) is 14. The molecule has 2 aliphatic rings. The second-order valence-corrected chi connectivity index (χ2v) is 20.9. The van der Waals surface area contributed by atoms with Gasteiger partial charge in [0.1, 0.15) is 35.1 Å². The fourth-order valence-corrected chi connectivity index (χ4v) is 10.2. The van der Waals surface area contributed by atoms with Crippen LogP contribution in [0.15, 0.2) is 72.4 Å². The Kier molecular flexibility index (Phi) is 16.6. The van der Waals surface area contributed by atoms with Crippen LogP contribution >= 0.6 is 11.3 Å². The summed E-state index contributed by atoms with van der Waals surface area (Å²) in [6, 6.07) is 15.4. The maximum Gasteiger partial charge on any atom is 0.256 e. The summed E-state index contributed by atoms with van der Waals surface area (Å²) in [5.74, 6) is -2.30. The minimum Gasteiger partial charge on any atom is -0.495 e. The fraction of sp³-hybridized carbons (Fsp3) is 0.389. The number of likely N-dealkylation sites (tertiary alicyclic amines) is 1. The molecule has 0 aliphatic carbocycles. The van der Waals surface area contributed by atoms with E-state index in [4.69, 9.17) is 4.74 Å². The lowest BCUT2D eigenvalue weighted by atomic mass is 9.85. The number of likely N-dealkylation sites (N-methyl/N-ethyl adjacent to an activating group) is 1. The van der Waals surface area contributed by atoms with Crippen molar-refractivity contribution < 1.29 is 43.0 Å². The number of ether oxygens (including phenoxy) is 1. The highest BCUT2D eigenvalue weighted by Crippen LogP contribution is 2.39. The molecule has 400 valence electrons. The Bertz CT molecular complexity index is 3160. The molecule has 8 rings (SSSR count). The molecule has 6 aromatic rings. The van der Waals surface area contributed by atoms with E-state index in [1.165, 1.54) is 36.1 Å². The van der Waals surface area contributed by atoms with Crippen molar-refractivity contribution in [2.24, 2.45) is 5.41 Å². The number of unbranched alkanes of at least 4 members (excludes halogenated alkanes) is 1. The van der Waals surface area contributed by atoms with Gasteiger partial charge in [-0.05, 0) is 78.6 Å². The molecule has 1 saturated heterocycles. The number of amides is 6. The van der Waals surface area contributed by atoms with Crippen LogP contribution in [-0.2, 0) is 36.9 Å². The molecule has 0 bridgehead atoms. The van der Waals surface area contributed by atoms with Crippen molar-refractivity contribution in [1.29, 1.82) is 0 Å². The third-order valence-electron chi connectivity index (χ3n) is 13.5. The smallest absolute Gasteiger partial charge is 0.256 e. The molecule has 0 radical (unpaired) electrons. The Hall–Kier alpha value is -7.98. The Labute approximate surface area is 443 Å². The fourth-order valence-electron chi connectivity index (χ4n) is 9.41. The Morgan fingerprint density at radius 1 is 1.00 bits per heavy atom. The summed E-state index contributed by atoms with van der Waals surface area (Å²) in [6.45, 7) is 7.74. The molecular weight excluding hydrogens is 996 g/mol. The number of β-amino-alcohol motifs (C(OH)–C–C–N with tert-alkyl or cyclic N) is 1. The zero-order valence-corrected chi connectivity index (χ0v) is 44.3. The summed E-state index contributed by atoms with van der Waals surface area (Å²) in [7, 11) is 4.48. The molecule has 5 heterocycles. The third-order valence-corrected chi connectivity index (χ3v) is 14.5. The van der Waals surface area contributed by atoms with Crippen LogP contribution in [0, 0.1) is 18.2 Å². The van der Waals surface area contributed by atoms with Gasteiger partial charge in [0.15, 0.2) is 0 Å². The van der Waals surface area contributed by atoms with Gasteiger partial charge in [-0.3, -0.25) is 28.8 Å². The number of fused-ring (bicyclic) bond motifs is 2. The van der Waals surface area contributed by atoms with E-state index < -0.39 is 53.0 Å². The lowest BCUT2D eigenvalue weighted by Crippen LogP contribution is -2.57. The number of aryl methyl sites for hydroxylation is 1. The molecule has 6 amide bonds. The minimum atomic E-state index is -0.998. The van der Waals surface area contributed by atoms with E-state index in [-0.39, 0.29) is 73.7 Å². The predicted molar refractivity (Wildman–Crippen MR) is 287 cm³/mol. The maximum absolute atomic E-state index is 14.9. The van der Waals surface area contributed by atoms with Gasteiger partial charge in [0.05, 0.1) is 58.2 Å². The molecule has 7 N–H and O–H groups in total. The first-order valence-corrected chi connectivity index (χ1v) is 25.9. The van der Waals surface area contributed by atoms with E-state index in [0.717, 1.165) is 27.3 Å². The van der Waals surface area contributed by atoms with Crippen LogP contribution < -0.4 is 36.2 Å². The number of hydrogen-bond donors (Lipinski definition) is 7. The summed E-state index contributed by atoms with van der Waals surface area (Å²) in [5, 5.41) is 25.8. The highest BCUT2D eigenvalue weighted by molar-refractivity contribution is 7.13. The molecule has 20 nitrogen and oxygen atoms in total. The van der Waals surface area contributed by atoms with Crippen molar-refractivity contribution in [3.05, 3.63) is 101 Å². The van der Waals surface area contributed by atoms with E-state index >= 15 is 0 Å². The predicted octanol–water partition coefficient (Wildman–Crippen LogP) is 6.10. The maximum atomic E-state index is 14.9. The number of benzene rings is 3. The topological polar surface area (TPSA) is 256 Å². The summed E-state index contributed by atoms with van der Waals surface area (Å²) in [6.07, 6.45) is 2.15. The van der Waals surface area contributed by atoms with E-state index in [1.807, 2.05) is 58.0 Å². The Balaban J connectivity index is 0.830. The van der Waals surface area contributed by atoms with E-state index in [2.05, 4.69) is 46.5 Å². The number of aliphatic hydroxyl groups excluding tert-OH is 1. The number of methoxy groups -OCH3 is 1. The normalized spacial score (nSPS) is 15.5. The van der Waals surface area contributed by atoms with Crippen LogP contribution in [0.1, 0.15) is 80.1 Å². The third kappa shape index (κ3) is 12.2. The number of rotatable bonds is 19. The number of thiazole rings is 1. The van der Waals surface area contributed by atoms with Crippen LogP contribution in [0.4, 0.5) is 33.2 Å². The first-order chi connectivity index (χ1) is 36.3. The number of H-pyrrole nitrogens is 1. The molecule has 1 fully saturated rings. The quantitative estimate of drug-likeness (QED) is 0.0453. The van der Waals surface area contributed by atoms with Crippen LogP contribution in [0.3, 0.4) is 0 Å². The first kappa shape index (κ1) is 54.3. The molecule has 3 atom stereocenters. The van der Waals surface area contributed by atoms with Gasteiger partial charge in [0.25, 0.3) is 5.91 Å². The van der Waals surface area contributed by atoms with Gasteiger partial charge < -0.3 is 56.1 Å². The molecule has 76 heavy (non-hydrogen) atoms. The number of anilines is 5. The standard InChI is InChI=1S/C54H63FN12O8S/c1-30-46(76-29-59-30)32-17-15-31(16-18-32)26-58-50(72)40-24-34(68)27-67(40)52(74)47(54(2,3)4)62-42(69)13-8-9-14-43(70)65(6)28-44(71)66-22-20-33-23-41(75-7)38(25-39(33)66)61-53-63-48-35(19-21-57-48)49(64-53)60-37-12-10-11-36(55)45(37)51(73)56-5/h10-12,15-19,21,23,25,29,34,40,47,68H,8-9,13-14,20,22,24,26-28H2,1-7H3,(H,56,73)(H,58,72)(H,62,69)(H3,57,60,61,63,64)/t34-,40+,47?/m1/s1. The number of aromatic amines is 1. The van der Waals surface area contributed by atoms with Gasteiger partial charge in [0, 0.05) is 64.9 Å². The van der Waals surface area contributed by atoms with E-state index in [0.29, 0.717) is 54.0 Å². The van der Waals surface area contributed by atoms with Gasteiger partial charge in [-0.15, -0.1) is 11.3 Å². The molecule has 3 aromatic carbocycles. The summed E-state index contributed by atoms with van der Waals surface area (Å²) in [5.41, 5.74) is 6.27. The van der Waals surface area contributed by atoms with Gasteiger partial charge in [-0.25, -0.2) is 9.37 Å². The zero-order valence-electron chi connectivity index (χ0n) is 43.5. The Morgan fingerprint density at radius 3 is 2.47 bits per heavy atom. The molecular formula is C54H63FN12O8S. The second-order valence-electron chi connectivity index (χ2n) is 20.0. The zero-order chi connectivity index (χ0) is 54.4. The molecule has 2 aliphatic heterocycles. The van der Waals surface area contributed by atoms with Gasteiger partial charge >= 0.3 is 0 Å². The number of nitrogens with zero attached hydrogens (tertiary/aromatic N) is 6. The second kappa shape index (κ2) is 23.3. The van der Waals surface area contributed by atoms with E-state index in [1.54, 1.807) is 53.2 Å². The number of nitrogens with one attached hydrogen (secondary N) is 6. The van der Waals surface area contributed by atoms with Crippen molar-refractivity contribution in [2.45, 2.75) is 91.0 Å². The van der Waals surface area contributed by atoms with Gasteiger partial charge in [0.2, 0.25) is 35.5 Å². The lowest BCUT2D eigenvalue weighted by Gasteiger charge is -2.35. The largest absolute Gasteiger partial charge is 0.495 e. The number of halogens is 1. The average molecular weight is 1060 g/mol. The summed E-state index contributed by atoms with van der Waals surface area (Å²) >= 11 is 1.56. The molecule has 0 saturated carbocycles. The highest BCUT2D eigenvalue weighted by Gasteiger charge is 2.44. The van der Waals surface area contributed by atoms with Gasteiger partial charge in [-0.2, -0.15) is 9.97 Å². The average Bonchev–Trinajstić information content (AvgIpc) is 4.22. The minimum absolute atomic E-state index is 0.0292. The Morgan fingerprint density at radius 2 is 1.76 bits per heavy atom. The number of aromatic nitrogens is 4. The summed E-state index contributed by atoms with van der Waals surface area (Å²) < 4.78 is 20.6. The van der Waals surface area contributed by atoms with Crippen LogP contribution in [-0.4, -0.2) is 129 Å². The summed E-state index contributed by atoms with van der Waals surface area (Å²) in [4.78, 5) is 103. The number of carbonyl (C=O) groups is 6. The number of aliphatic hydroxyl groups is 1. The lowest BCUT2D eigenvalue weighted by molar-refractivity contribution is -0.144. The molecule has 22 heteroatoms. The highest BCUT2D eigenvalue weighted by atomic mass is 32.1. The SMILES string of the molecule is CNC(=O)c1c(F)cccc1Nc1nc(Nc2cc3c(cc2OC)CCN3C(=O)CN(C)C(=O)CCCCC(=O)NC(C(=O)N2C[C@H](O)C[C@H]2C(=O)NCc2ccc(-c3scnc3C)cc2)C(C)(C)C)nc2[nH]ccc12. The van der Waals surface area contributed by atoms with Gasteiger partial charge in [-0.1, -0.05) is 51.1 Å². The monoisotopic (exact) mass is 1060 g/mol. The van der Waals surface area contributed by atoms with Crippen LogP contribution in [0.5, 0.6) is 5.75 Å². The van der Waals surface area contributed by atoms with E-state index in [9.17, 15) is 38.3 Å². The van der Waals surface area contributed by atoms with Crippen molar-refractivity contribution in [1.82, 2.24) is 45.7 Å². The first-order valence-electron chi connectivity index (χ1n) is 25.0. The molecule has 1 unspecified atom stereocenters.